The predicted molar refractivity (Wildman–Crippen MR) is 66.2 cm³/mol. The van der Waals surface area contributed by atoms with Crippen molar-refractivity contribution in [1.82, 2.24) is 4.42 Å². The lowest BCUT2D eigenvalue weighted by molar-refractivity contribution is 0.0691. The van der Waals surface area contributed by atoms with E-state index in [9.17, 15) is 0 Å². The van der Waals surface area contributed by atoms with Gasteiger partial charge in [0, 0.05) is 19.7 Å². The number of halogens is 1. The molecule has 0 atom stereocenters. The molecule has 0 saturated carbocycles. The minimum absolute atomic E-state index is 0.679. The topological polar surface area (TPSA) is 12.5 Å². The Balaban J connectivity index is 1.65. The van der Waals surface area contributed by atoms with Crippen molar-refractivity contribution in [3.63, 3.8) is 0 Å². The number of benzene rings is 1. The SMILES string of the molecule is ClN1CCC(COCc2ccccc2)CC1. The molecule has 0 amide bonds. The third-order valence-corrected chi connectivity index (χ3v) is 3.36. The maximum Gasteiger partial charge on any atom is 0.0717 e. The highest BCUT2D eigenvalue weighted by Crippen LogP contribution is 2.18. The zero-order valence-electron chi connectivity index (χ0n) is 9.44. The molecule has 2 nitrogen and oxygen atoms in total. The molecule has 0 radical (unpaired) electrons. The van der Waals surface area contributed by atoms with Crippen molar-refractivity contribution >= 4 is 11.8 Å². The van der Waals surface area contributed by atoms with Gasteiger partial charge in [-0.3, -0.25) is 0 Å². The summed E-state index contributed by atoms with van der Waals surface area (Å²) in [5.74, 6) is 0.679. The molecular formula is C13H18ClNO. The van der Waals surface area contributed by atoms with Gasteiger partial charge in [-0.2, -0.15) is 0 Å². The van der Waals surface area contributed by atoms with Gasteiger partial charge in [0.1, 0.15) is 0 Å². The molecule has 0 bridgehead atoms. The standard InChI is InChI=1S/C13H18ClNO/c14-15-8-6-13(7-9-15)11-16-10-12-4-2-1-3-5-12/h1-5,13H,6-11H2. The van der Waals surface area contributed by atoms with Crippen LogP contribution >= 0.6 is 11.8 Å². The third kappa shape index (κ3) is 3.78. The number of hydrogen-bond acceptors (Lipinski definition) is 2. The summed E-state index contributed by atoms with van der Waals surface area (Å²) in [7, 11) is 0. The Hall–Kier alpha value is -0.570. The molecule has 1 saturated heterocycles. The van der Waals surface area contributed by atoms with Gasteiger partial charge >= 0.3 is 0 Å². The zero-order valence-corrected chi connectivity index (χ0v) is 10.2. The van der Waals surface area contributed by atoms with Crippen LogP contribution in [0.1, 0.15) is 18.4 Å². The lowest BCUT2D eigenvalue weighted by atomic mass is 9.99. The Morgan fingerprint density at radius 1 is 1.19 bits per heavy atom. The van der Waals surface area contributed by atoms with Gasteiger partial charge in [-0.1, -0.05) is 30.3 Å². The quantitative estimate of drug-likeness (QED) is 0.749. The van der Waals surface area contributed by atoms with Crippen LogP contribution in [0.5, 0.6) is 0 Å². The molecule has 2 rings (SSSR count). The molecular weight excluding hydrogens is 222 g/mol. The first-order valence-corrected chi connectivity index (χ1v) is 6.21. The monoisotopic (exact) mass is 239 g/mol. The summed E-state index contributed by atoms with van der Waals surface area (Å²) in [5.41, 5.74) is 1.25. The normalized spacial score (nSPS) is 18.8. The van der Waals surface area contributed by atoms with Gasteiger partial charge in [-0.05, 0) is 36.1 Å². The van der Waals surface area contributed by atoms with Crippen LogP contribution in [0.4, 0.5) is 0 Å². The molecule has 0 aliphatic carbocycles. The fourth-order valence-electron chi connectivity index (χ4n) is 1.99. The van der Waals surface area contributed by atoms with E-state index in [4.69, 9.17) is 16.5 Å². The largest absolute Gasteiger partial charge is 0.376 e. The molecule has 1 aliphatic rings. The van der Waals surface area contributed by atoms with Crippen molar-refractivity contribution in [2.75, 3.05) is 19.7 Å². The highest BCUT2D eigenvalue weighted by atomic mass is 35.5. The second kappa shape index (κ2) is 6.24. The maximum absolute atomic E-state index is 5.90. The van der Waals surface area contributed by atoms with Crippen LogP contribution in [0.2, 0.25) is 0 Å². The van der Waals surface area contributed by atoms with Crippen molar-refractivity contribution in [3.8, 4) is 0 Å². The third-order valence-electron chi connectivity index (χ3n) is 3.03. The van der Waals surface area contributed by atoms with E-state index in [0.717, 1.165) is 39.1 Å². The summed E-state index contributed by atoms with van der Waals surface area (Å²) in [6, 6.07) is 10.3. The molecule has 0 aromatic heterocycles. The number of nitrogens with zero attached hydrogens (tertiary/aromatic N) is 1. The summed E-state index contributed by atoms with van der Waals surface area (Å²) in [6.45, 7) is 3.56. The lowest BCUT2D eigenvalue weighted by Crippen LogP contribution is -2.28. The van der Waals surface area contributed by atoms with Crippen LogP contribution in [0.3, 0.4) is 0 Å². The minimum atomic E-state index is 0.679. The molecule has 16 heavy (non-hydrogen) atoms. The Kier molecular flexibility index (Phi) is 4.64. The summed E-state index contributed by atoms with van der Waals surface area (Å²) in [6.07, 6.45) is 2.30. The Bertz CT molecular complexity index is 296. The summed E-state index contributed by atoms with van der Waals surface area (Å²) < 4.78 is 7.60. The highest BCUT2D eigenvalue weighted by Gasteiger charge is 2.17. The van der Waals surface area contributed by atoms with Crippen molar-refractivity contribution in [2.45, 2.75) is 19.4 Å². The number of hydrogen-bond donors (Lipinski definition) is 0. The average Bonchev–Trinajstić information content (AvgIpc) is 2.33. The zero-order chi connectivity index (χ0) is 11.2. The predicted octanol–water partition coefficient (Wildman–Crippen LogP) is 3.07. The van der Waals surface area contributed by atoms with E-state index < -0.39 is 0 Å². The Morgan fingerprint density at radius 2 is 1.88 bits per heavy atom. The van der Waals surface area contributed by atoms with Crippen LogP contribution in [-0.2, 0) is 11.3 Å². The van der Waals surface area contributed by atoms with Gasteiger partial charge in [0.15, 0.2) is 0 Å². The van der Waals surface area contributed by atoms with Gasteiger partial charge in [-0.25, -0.2) is 4.42 Å². The summed E-state index contributed by atoms with van der Waals surface area (Å²) in [4.78, 5) is 0. The van der Waals surface area contributed by atoms with Crippen LogP contribution in [-0.4, -0.2) is 24.1 Å². The van der Waals surface area contributed by atoms with Gasteiger partial charge in [-0.15, -0.1) is 0 Å². The molecule has 1 aliphatic heterocycles. The Morgan fingerprint density at radius 3 is 2.56 bits per heavy atom. The van der Waals surface area contributed by atoms with E-state index in [2.05, 4.69) is 12.1 Å². The average molecular weight is 240 g/mol. The lowest BCUT2D eigenvalue weighted by Gasteiger charge is -2.26. The van der Waals surface area contributed by atoms with Crippen LogP contribution in [0.15, 0.2) is 30.3 Å². The van der Waals surface area contributed by atoms with Gasteiger partial charge in [0.25, 0.3) is 0 Å². The van der Waals surface area contributed by atoms with E-state index in [1.165, 1.54) is 5.56 Å². The molecule has 0 unspecified atom stereocenters. The number of piperidine rings is 1. The second-order valence-electron chi connectivity index (χ2n) is 4.35. The Labute approximate surface area is 102 Å². The van der Waals surface area contributed by atoms with E-state index in [1.54, 1.807) is 0 Å². The number of rotatable bonds is 4. The van der Waals surface area contributed by atoms with Gasteiger partial charge < -0.3 is 4.74 Å². The van der Waals surface area contributed by atoms with Crippen LogP contribution < -0.4 is 0 Å². The summed E-state index contributed by atoms with van der Waals surface area (Å²) >= 11 is 5.90. The fourth-order valence-corrected chi connectivity index (χ4v) is 2.18. The molecule has 1 fully saturated rings. The smallest absolute Gasteiger partial charge is 0.0717 e. The molecule has 0 N–H and O–H groups in total. The first-order valence-electron chi connectivity index (χ1n) is 5.87. The molecule has 0 spiro atoms. The van der Waals surface area contributed by atoms with Crippen LogP contribution in [0, 0.1) is 5.92 Å². The van der Waals surface area contributed by atoms with E-state index in [1.807, 2.05) is 22.6 Å². The number of ether oxygens (including phenoxy) is 1. The maximum atomic E-state index is 5.90. The van der Waals surface area contributed by atoms with Crippen molar-refractivity contribution in [3.05, 3.63) is 35.9 Å². The van der Waals surface area contributed by atoms with Crippen molar-refractivity contribution < 1.29 is 4.74 Å². The molecule has 1 heterocycles. The fraction of sp³-hybridized carbons (Fsp3) is 0.538. The van der Waals surface area contributed by atoms with Crippen LogP contribution in [0.25, 0.3) is 0 Å². The van der Waals surface area contributed by atoms with Crippen molar-refractivity contribution in [1.29, 1.82) is 0 Å². The molecule has 3 heteroatoms. The minimum Gasteiger partial charge on any atom is -0.376 e. The van der Waals surface area contributed by atoms with E-state index in [-0.39, 0.29) is 0 Å². The molecule has 88 valence electrons. The molecule has 1 aromatic carbocycles. The summed E-state index contributed by atoms with van der Waals surface area (Å²) in [5, 5.41) is 0. The highest BCUT2D eigenvalue weighted by molar-refractivity contribution is 6.13. The van der Waals surface area contributed by atoms with Gasteiger partial charge in [0.05, 0.1) is 6.61 Å². The first-order chi connectivity index (χ1) is 7.84. The second-order valence-corrected chi connectivity index (χ2v) is 4.83. The first kappa shape index (κ1) is 11.9. The van der Waals surface area contributed by atoms with Crippen molar-refractivity contribution in [2.24, 2.45) is 5.92 Å². The van der Waals surface area contributed by atoms with E-state index in [0.29, 0.717) is 5.92 Å². The molecule has 1 aromatic rings. The van der Waals surface area contributed by atoms with E-state index >= 15 is 0 Å². The van der Waals surface area contributed by atoms with Gasteiger partial charge in [0.2, 0.25) is 0 Å².